The number of hydrogen-bond donors (Lipinski definition) is 0. The minimum atomic E-state index is 0.809. The van der Waals surface area contributed by atoms with Crippen LogP contribution in [0.15, 0.2) is 115 Å². The van der Waals surface area contributed by atoms with Crippen LogP contribution < -0.4 is 4.90 Å². The van der Waals surface area contributed by atoms with Crippen LogP contribution >= 0.6 is 35.2 Å². The highest BCUT2D eigenvalue weighted by Crippen LogP contribution is 2.46. The van der Waals surface area contributed by atoms with E-state index in [1.165, 1.54) is 46.0 Å². The van der Waals surface area contributed by atoms with Gasteiger partial charge in [0, 0.05) is 11.1 Å². The fourth-order valence-electron chi connectivity index (χ4n) is 5.96. The minimum absolute atomic E-state index is 0.809. The fraction of sp³-hybridized carbons (Fsp3) is 0. The Morgan fingerprint density at radius 1 is 0.386 bits per heavy atom. The second-order valence-corrected chi connectivity index (χ2v) is 11.9. The van der Waals surface area contributed by atoms with Crippen molar-refractivity contribution in [3.05, 3.63) is 115 Å². The van der Waals surface area contributed by atoms with Crippen LogP contribution in [0.4, 0.5) is 17.1 Å². The lowest BCUT2D eigenvalue weighted by atomic mass is 9.96. The molecule has 0 unspecified atom stereocenters. The lowest BCUT2D eigenvalue weighted by Crippen LogP contribution is -2.12. The molecule has 0 aliphatic carbocycles. The second kappa shape index (κ2) is 10.2. The van der Waals surface area contributed by atoms with Gasteiger partial charge in [-0.3, -0.25) is 0 Å². The van der Waals surface area contributed by atoms with Crippen molar-refractivity contribution in [3.8, 4) is 22.3 Å². The molecule has 0 atom stereocenters. The molecule has 10 heteroatoms. The van der Waals surface area contributed by atoms with Crippen molar-refractivity contribution in [2.24, 2.45) is 0 Å². The third-order valence-corrected chi connectivity index (χ3v) is 9.54. The SMILES string of the molecule is c1ccc(-c2ccc(N(c3cccc4nsnc34)c3ccc(-c4cccc5ccccc45)c4nsnc34)c3nsnc23)cc1. The third-order valence-electron chi connectivity index (χ3n) is 7.94. The van der Waals surface area contributed by atoms with Gasteiger partial charge in [-0.2, -0.15) is 26.2 Å². The molecule has 9 aromatic rings. The Labute approximate surface area is 263 Å². The first-order valence-corrected chi connectivity index (χ1v) is 16.1. The Morgan fingerprint density at radius 3 is 1.80 bits per heavy atom. The van der Waals surface area contributed by atoms with Gasteiger partial charge in [0.1, 0.15) is 33.1 Å². The lowest BCUT2D eigenvalue weighted by molar-refractivity contribution is 1.31. The molecule has 3 heterocycles. The first-order chi connectivity index (χ1) is 21.8. The van der Waals surface area contributed by atoms with Gasteiger partial charge in [-0.15, -0.1) is 0 Å². The van der Waals surface area contributed by atoms with Gasteiger partial charge in [0.15, 0.2) is 0 Å². The van der Waals surface area contributed by atoms with E-state index in [4.69, 9.17) is 21.9 Å². The quantitative estimate of drug-likeness (QED) is 0.189. The van der Waals surface area contributed by atoms with Gasteiger partial charge in [-0.05, 0) is 58.3 Å². The Hall–Kier alpha value is -5.16. The summed E-state index contributed by atoms with van der Waals surface area (Å²) in [4.78, 5) is 2.19. The monoisotopic (exact) mass is 621 g/mol. The molecule has 0 aliphatic heterocycles. The highest BCUT2D eigenvalue weighted by atomic mass is 32.1. The Bertz CT molecular complexity index is 2480. The second-order valence-electron chi connectivity index (χ2n) is 10.3. The number of nitrogens with zero attached hydrogens (tertiary/aromatic N) is 7. The number of fused-ring (bicyclic) bond motifs is 4. The molecule has 7 nitrogen and oxygen atoms in total. The van der Waals surface area contributed by atoms with Crippen LogP contribution in [0.3, 0.4) is 0 Å². The number of anilines is 3. The first kappa shape index (κ1) is 25.3. The number of aromatic nitrogens is 6. The van der Waals surface area contributed by atoms with E-state index in [0.717, 1.165) is 72.4 Å². The number of hydrogen-bond acceptors (Lipinski definition) is 10. The molecule has 0 radical (unpaired) electrons. The van der Waals surface area contributed by atoms with Crippen LogP contribution in [0.5, 0.6) is 0 Å². The average molecular weight is 622 g/mol. The molecule has 6 aromatic carbocycles. The van der Waals surface area contributed by atoms with Gasteiger partial charge in [0.25, 0.3) is 0 Å². The zero-order chi connectivity index (χ0) is 29.0. The molecule has 0 amide bonds. The van der Waals surface area contributed by atoms with Gasteiger partial charge in [-0.25, -0.2) is 0 Å². The highest BCUT2D eigenvalue weighted by Gasteiger charge is 2.26. The highest BCUT2D eigenvalue weighted by molar-refractivity contribution is 7.00. The summed E-state index contributed by atoms with van der Waals surface area (Å²) in [6.45, 7) is 0. The van der Waals surface area contributed by atoms with Gasteiger partial charge < -0.3 is 4.90 Å². The Balaban J connectivity index is 1.32. The van der Waals surface area contributed by atoms with Crippen LogP contribution in [0.25, 0.3) is 66.1 Å². The first-order valence-electron chi connectivity index (χ1n) is 13.9. The lowest BCUT2D eigenvalue weighted by Gasteiger charge is -2.26. The zero-order valence-electron chi connectivity index (χ0n) is 22.8. The molecule has 0 spiro atoms. The smallest absolute Gasteiger partial charge is 0.129 e. The van der Waals surface area contributed by atoms with Crippen molar-refractivity contribution in [2.75, 3.05) is 4.90 Å². The summed E-state index contributed by atoms with van der Waals surface area (Å²) in [6, 6.07) is 39.8. The maximum Gasteiger partial charge on any atom is 0.129 e. The van der Waals surface area contributed by atoms with Crippen LogP contribution in [0.2, 0.25) is 0 Å². The summed E-state index contributed by atoms with van der Waals surface area (Å²) in [5, 5.41) is 2.37. The summed E-state index contributed by atoms with van der Waals surface area (Å²) >= 11 is 3.64. The molecule has 208 valence electrons. The summed E-state index contributed by atoms with van der Waals surface area (Å²) in [5.74, 6) is 0. The maximum absolute atomic E-state index is 4.88. The van der Waals surface area contributed by atoms with E-state index < -0.39 is 0 Å². The molecule has 3 aromatic heterocycles. The van der Waals surface area contributed by atoms with Crippen molar-refractivity contribution in [1.29, 1.82) is 0 Å². The predicted octanol–water partition coefficient (Wildman–Crippen LogP) is 9.66. The van der Waals surface area contributed by atoms with E-state index in [1.807, 2.05) is 30.3 Å². The van der Waals surface area contributed by atoms with E-state index in [1.54, 1.807) is 0 Å². The largest absolute Gasteiger partial charge is 0.304 e. The van der Waals surface area contributed by atoms with Crippen LogP contribution in [-0.2, 0) is 0 Å². The Morgan fingerprint density at radius 2 is 0.977 bits per heavy atom. The van der Waals surface area contributed by atoms with E-state index in [9.17, 15) is 0 Å². The molecule has 0 saturated heterocycles. The molecule has 0 saturated carbocycles. The summed E-state index contributed by atoms with van der Waals surface area (Å²) in [7, 11) is 0. The molecule has 44 heavy (non-hydrogen) atoms. The van der Waals surface area contributed by atoms with Crippen LogP contribution in [0, 0.1) is 0 Å². The van der Waals surface area contributed by atoms with Gasteiger partial charge in [-0.1, -0.05) is 78.9 Å². The van der Waals surface area contributed by atoms with Crippen molar-refractivity contribution >= 4 is 96.1 Å². The molecular formula is C34H19N7S3. The zero-order valence-corrected chi connectivity index (χ0v) is 25.3. The molecule has 0 bridgehead atoms. The molecular weight excluding hydrogens is 603 g/mol. The van der Waals surface area contributed by atoms with E-state index >= 15 is 0 Å². The standard InChI is InChI=1S/C34H19N7S3/c1-2-8-21(9-3-1)23-16-18-28(33-30(23)36-43-39-33)41(27-15-7-14-26-32(27)38-42-35-26)29-19-17-25(31-34(29)40-44-37-31)24-13-6-11-20-10-4-5-12-22(20)24/h1-19H. The Kier molecular flexibility index (Phi) is 5.90. The van der Waals surface area contributed by atoms with Crippen LogP contribution in [-0.4, -0.2) is 26.2 Å². The van der Waals surface area contributed by atoms with Crippen molar-refractivity contribution in [1.82, 2.24) is 26.2 Å². The molecule has 0 fully saturated rings. The van der Waals surface area contributed by atoms with Crippen molar-refractivity contribution in [2.45, 2.75) is 0 Å². The number of rotatable bonds is 5. The molecule has 0 aliphatic rings. The van der Waals surface area contributed by atoms with Crippen molar-refractivity contribution < 1.29 is 0 Å². The van der Waals surface area contributed by atoms with Crippen molar-refractivity contribution in [3.63, 3.8) is 0 Å². The van der Waals surface area contributed by atoms with Gasteiger partial charge >= 0.3 is 0 Å². The normalized spacial score (nSPS) is 11.6. The summed E-state index contributed by atoms with van der Waals surface area (Å²) in [6.07, 6.45) is 0. The van der Waals surface area contributed by atoms with E-state index in [0.29, 0.717) is 0 Å². The third kappa shape index (κ3) is 3.92. The van der Waals surface area contributed by atoms with Gasteiger partial charge in [0.05, 0.1) is 52.2 Å². The molecule has 9 rings (SSSR count). The predicted molar refractivity (Wildman–Crippen MR) is 182 cm³/mol. The minimum Gasteiger partial charge on any atom is -0.304 e. The topological polar surface area (TPSA) is 80.6 Å². The fourth-order valence-corrected chi connectivity index (χ4v) is 7.64. The maximum atomic E-state index is 4.88. The van der Waals surface area contributed by atoms with Gasteiger partial charge in [0.2, 0.25) is 0 Å². The molecule has 0 N–H and O–H groups in total. The van der Waals surface area contributed by atoms with Crippen LogP contribution in [0.1, 0.15) is 0 Å². The summed E-state index contributed by atoms with van der Waals surface area (Å²) in [5.41, 5.74) is 12.0. The average Bonchev–Trinajstić information content (AvgIpc) is 3.87. The summed E-state index contributed by atoms with van der Waals surface area (Å²) < 4.78 is 28.6. The van der Waals surface area contributed by atoms with E-state index in [-0.39, 0.29) is 0 Å². The van der Waals surface area contributed by atoms with E-state index in [2.05, 4.69) is 94.2 Å². The number of benzene rings is 6.